The number of benzene rings is 2. The summed E-state index contributed by atoms with van der Waals surface area (Å²) in [5.41, 5.74) is 0.0347. The number of fused-ring (bicyclic) bond motifs is 1. The van der Waals surface area contributed by atoms with E-state index in [9.17, 15) is 34.8 Å². The van der Waals surface area contributed by atoms with Crippen LogP contribution in [0.2, 0.25) is 0 Å². The van der Waals surface area contributed by atoms with Crippen LogP contribution in [0, 0.1) is 0 Å². The topological polar surface area (TPSA) is 202 Å². The fraction of sp³-hybridized carbons (Fsp3) is 0.320. The van der Waals surface area contributed by atoms with Crippen LogP contribution in [0.4, 0.5) is 0 Å². The predicted octanol–water partition coefficient (Wildman–Crippen LogP) is 0.379. The number of hydrogen-bond donors (Lipinski definition) is 5. The summed E-state index contributed by atoms with van der Waals surface area (Å²) in [6, 6.07) is 9.94. The number of ether oxygens (including phenoxy) is 4. The lowest BCUT2D eigenvalue weighted by Gasteiger charge is -2.40. The molecule has 0 unspecified atom stereocenters. The second-order valence-corrected chi connectivity index (χ2v) is 8.41. The summed E-state index contributed by atoms with van der Waals surface area (Å²) in [6.45, 7) is -0.645. The summed E-state index contributed by atoms with van der Waals surface area (Å²) >= 11 is 0. The molecule has 0 amide bonds. The van der Waals surface area contributed by atoms with Gasteiger partial charge < -0.3 is 48.9 Å². The lowest BCUT2D eigenvalue weighted by Crippen LogP contribution is -2.60. The minimum Gasteiger partial charge on any atom is -0.508 e. The standard InChI is InChI=1S/C25H24O13/c1-34-13-6-16-21(14(27)8-15(36-16)11-2-4-12(26)5-3-11)17(7-13)37-25-24(33)23(32)22(31)18(38-25)10-35-20(30)9-19(28)29/h2-8,18,22-26,31-33H,9-10H2,1H3,(H,28,29)/t18-,22-,23-,24-,25-/m0/s1. The fourth-order valence-electron chi connectivity index (χ4n) is 3.83. The first-order chi connectivity index (χ1) is 18.1. The molecular formula is C25H24O13. The number of methoxy groups -OCH3 is 1. The number of carboxylic acids is 1. The van der Waals surface area contributed by atoms with Crippen molar-refractivity contribution in [1.82, 2.24) is 0 Å². The van der Waals surface area contributed by atoms with Crippen molar-refractivity contribution in [3.8, 4) is 28.6 Å². The fourth-order valence-corrected chi connectivity index (χ4v) is 3.83. The number of carbonyl (C=O) groups excluding carboxylic acids is 1. The van der Waals surface area contributed by atoms with Gasteiger partial charge in [0.25, 0.3) is 0 Å². The van der Waals surface area contributed by atoms with Gasteiger partial charge in [0.2, 0.25) is 6.29 Å². The number of carbonyl (C=O) groups is 2. The summed E-state index contributed by atoms with van der Waals surface area (Å²) in [5.74, 6) is -2.23. The van der Waals surface area contributed by atoms with E-state index in [-0.39, 0.29) is 34.0 Å². The smallest absolute Gasteiger partial charge is 0.317 e. The first-order valence-corrected chi connectivity index (χ1v) is 11.3. The van der Waals surface area contributed by atoms with E-state index in [4.69, 9.17) is 28.5 Å². The molecule has 1 fully saturated rings. The molecule has 0 aliphatic carbocycles. The molecule has 5 atom stereocenters. The van der Waals surface area contributed by atoms with E-state index in [0.29, 0.717) is 5.56 Å². The van der Waals surface area contributed by atoms with Crippen LogP contribution >= 0.6 is 0 Å². The molecule has 13 heteroatoms. The quantitative estimate of drug-likeness (QED) is 0.197. The number of phenols is 1. The van der Waals surface area contributed by atoms with Crippen LogP contribution in [0.25, 0.3) is 22.3 Å². The monoisotopic (exact) mass is 532 g/mol. The largest absolute Gasteiger partial charge is 0.508 e. The highest BCUT2D eigenvalue weighted by atomic mass is 16.7. The summed E-state index contributed by atoms with van der Waals surface area (Å²) in [5, 5.41) is 49.2. The van der Waals surface area contributed by atoms with Gasteiger partial charge in [-0.3, -0.25) is 14.4 Å². The lowest BCUT2D eigenvalue weighted by atomic mass is 9.99. The Hall–Kier alpha value is -4.17. The SMILES string of the molecule is COc1cc(O[C@H]2O[C@@H](COC(=O)CC(=O)O)[C@H](O)[C@H](O)[C@@H]2O)c2c(=O)cc(-c3ccc(O)cc3)oc2c1. The number of hydrogen-bond acceptors (Lipinski definition) is 12. The molecule has 1 aliphatic heterocycles. The van der Waals surface area contributed by atoms with Crippen LogP contribution in [0.5, 0.6) is 17.2 Å². The maximum atomic E-state index is 13.1. The van der Waals surface area contributed by atoms with Gasteiger partial charge in [0.05, 0.1) is 7.11 Å². The molecule has 1 aliphatic rings. The first-order valence-electron chi connectivity index (χ1n) is 11.3. The minimum absolute atomic E-state index is 0.0301. The minimum atomic E-state index is -1.80. The van der Waals surface area contributed by atoms with Crippen molar-refractivity contribution >= 4 is 22.9 Å². The summed E-state index contributed by atoms with van der Waals surface area (Å²) in [6.07, 6.45) is -9.27. The average molecular weight is 532 g/mol. The number of carboxylic acid groups (broad SMARTS) is 1. The predicted molar refractivity (Wildman–Crippen MR) is 127 cm³/mol. The third-order valence-electron chi connectivity index (χ3n) is 5.77. The van der Waals surface area contributed by atoms with Gasteiger partial charge in [-0.05, 0) is 24.3 Å². The molecule has 13 nitrogen and oxygen atoms in total. The van der Waals surface area contributed by atoms with Crippen molar-refractivity contribution in [3.05, 3.63) is 52.7 Å². The zero-order valence-corrected chi connectivity index (χ0v) is 19.8. The molecule has 5 N–H and O–H groups in total. The van der Waals surface area contributed by atoms with Crippen LogP contribution in [0.15, 0.2) is 51.7 Å². The number of aromatic hydroxyl groups is 1. The van der Waals surface area contributed by atoms with Gasteiger partial charge in [-0.1, -0.05) is 0 Å². The molecule has 0 bridgehead atoms. The van der Waals surface area contributed by atoms with Gasteiger partial charge >= 0.3 is 11.9 Å². The molecular weight excluding hydrogens is 508 g/mol. The van der Waals surface area contributed by atoms with Crippen LogP contribution in [0.3, 0.4) is 0 Å². The number of phenolic OH excluding ortho intramolecular Hbond substituents is 1. The molecule has 3 aromatic rings. The Morgan fingerprint density at radius 2 is 1.71 bits per heavy atom. The molecule has 2 aromatic carbocycles. The van der Waals surface area contributed by atoms with E-state index in [1.54, 1.807) is 12.1 Å². The number of esters is 1. The highest BCUT2D eigenvalue weighted by molar-refractivity contribution is 5.90. The molecule has 2 heterocycles. The molecule has 0 spiro atoms. The van der Waals surface area contributed by atoms with E-state index in [2.05, 4.69) is 0 Å². The maximum absolute atomic E-state index is 13.1. The van der Waals surface area contributed by atoms with Crippen LogP contribution in [-0.2, 0) is 19.1 Å². The summed E-state index contributed by atoms with van der Waals surface area (Å²) in [4.78, 5) is 35.3. The first kappa shape index (κ1) is 26.9. The molecule has 0 radical (unpaired) electrons. The van der Waals surface area contributed by atoms with Gasteiger partial charge in [0.1, 0.15) is 71.4 Å². The number of aliphatic hydroxyl groups excluding tert-OH is 3. The van der Waals surface area contributed by atoms with Crippen molar-refractivity contribution in [3.63, 3.8) is 0 Å². The summed E-state index contributed by atoms with van der Waals surface area (Å²) < 4.78 is 27.2. The van der Waals surface area contributed by atoms with E-state index in [1.165, 1.54) is 37.4 Å². The van der Waals surface area contributed by atoms with E-state index >= 15 is 0 Å². The van der Waals surface area contributed by atoms with Gasteiger partial charge in [-0.2, -0.15) is 0 Å². The molecule has 38 heavy (non-hydrogen) atoms. The van der Waals surface area contributed by atoms with Crippen molar-refractivity contribution in [2.75, 3.05) is 13.7 Å². The number of rotatable bonds is 8. The van der Waals surface area contributed by atoms with Crippen molar-refractivity contribution in [2.24, 2.45) is 0 Å². The zero-order valence-electron chi connectivity index (χ0n) is 19.8. The van der Waals surface area contributed by atoms with Gasteiger partial charge in [0, 0.05) is 23.8 Å². The van der Waals surface area contributed by atoms with Crippen LogP contribution in [-0.4, -0.2) is 81.9 Å². The van der Waals surface area contributed by atoms with Crippen molar-refractivity contribution in [2.45, 2.75) is 37.1 Å². The highest BCUT2D eigenvalue weighted by Gasteiger charge is 2.45. The third kappa shape index (κ3) is 5.70. The second kappa shape index (κ2) is 11.1. The summed E-state index contributed by atoms with van der Waals surface area (Å²) in [7, 11) is 1.36. The second-order valence-electron chi connectivity index (χ2n) is 8.41. The highest BCUT2D eigenvalue weighted by Crippen LogP contribution is 2.34. The van der Waals surface area contributed by atoms with Crippen molar-refractivity contribution < 1.29 is 58.5 Å². The van der Waals surface area contributed by atoms with Gasteiger partial charge in [-0.25, -0.2) is 0 Å². The molecule has 1 aromatic heterocycles. The Morgan fingerprint density at radius 3 is 2.37 bits per heavy atom. The maximum Gasteiger partial charge on any atom is 0.317 e. The molecule has 1 saturated heterocycles. The Labute approximate surface area is 214 Å². The Bertz CT molecular complexity index is 1380. The molecule has 202 valence electrons. The van der Waals surface area contributed by atoms with E-state index in [0.717, 1.165) is 0 Å². The number of aliphatic carboxylic acids is 1. The van der Waals surface area contributed by atoms with Gasteiger partial charge in [0.15, 0.2) is 5.43 Å². The van der Waals surface area contributed by atoms with Crippen molar-refractivity contribution in [1.29, 1.82) is 0 Å². The average Bonchev–Trinajstić information content (AvgIpc) is 2.87. The Balaban J connectivity index is 1.65. The van der Waals surface area contributed by atoms with E-state index < -0.39 is 61.1 Å². The van der Waals surface area contributed by atoms with Gasteiger partial charge in [-0.15, -0.1) is 0 Å². The van der Waals surface area contributed by atoms with E-state index in [1.807, 2.05) is 0 Å². The number of aliphatic hydroxyl groups is 3. The third-order valence-corrected chi connectivity index (χ3v) is 5.77. The Morgan fingerprint density at radius 1 is 1.00 bits per heavy atom. The zero-order chi connectivity index (χ0) is 27.6. The molecule has 4 rings (SSSR count). The molecule has 0 saturated carbocycles. The van der Waals surface area contributed by atoms with Crippen LogP contribution in [0.1, 0.15) is 6.42 Å². The normalized spacial score (nSPS) is 23.1. The lowest BCUT2D eigenvalue weighted by molar-refractivity contribution is -0.278. The Kier molecular flexibility index (Phi) is 7.83. The van der Waals surface area contributed by atoms with Crippen LogP contribution < -0.4 is 14.9 Å².